The van der Waals surface area contributed by atoms with Crippen molar-refractivity contribution < 1.29 is 22.9 Å². The predicted octanol–water partition coefficient (Wildman–Crippen LogP) is 1.27. The Kier molecular flexibility index (Phi) is 4.66. The first-order chi connectivity index (χ1) is 8.11. The van der Waals surface area contributed by atoms with Crippen LogP contribution < -0.4 is 5.73 Å². The van der Waals surface area contributed by atoms with Crippen molar-refractivity contribution in [1.29, 1.82) is 4.78 Å². The second kappa shape index (κ2) is 5.48. The van der Waals surface area contributed by atoms with E-state index in [0.717, 1.165) is 0 Å². The summed E-state index contributed by atoms with van der Waals surface area (Å²) in [5.41, 5.74) is 5.24. The van der Waals surface area contributed by atoms with Gasteiger partial charge in [0, 0.05) is 34.1 Å². The zero-order valence-electron chi connectivity index (χ0n) is 9.90. The summed E-state index contributed by atoms with van der Waals surface area (Å²) in [5, 5.41) is 8.54. The summed E-state index contributed by atoms with van der Waals surface area (Å²) in [6.45, 7) is 0. The van der Waals surface area contributed by atoms with E-state index in [4.69, 9.17) is 15.6 Å². The van der Waals surface area contributed by atoms with Crippen LogP contribution >= 0.6 is 0 Å². The number of alkyl halides is 2. The van der Waals surface area contributed by atoms with Crippen molar-refractivity contribution >= 4 is 15.7 Å². The Balaban J connectivity index is 2.26. The van der Waals surface area contributed by atoms with Crippen LogP contribution in [0.2, 0.25) is 0 Å². The third kappa shape index (κ3) is 4.85. The molecule has 0 heterocycles. The van der Waals surface area contributed by atoms with Crippen LogP contribution in [0.25, 0.3) is 0 Å². The van der Waals surface area contributed by atoms with Gasteiger partial charge in [-0.25, -0.2) is 13.0 Å². The molecule has 0 aromatic rings. The average molecular weight is 284 g/mol. The van der Waals surface area contributed by atoms with E-state index in [0.29, 0.717) is 6.42 Å². The second-order valence-electron chi connectivity index (χ2n) is 4.87. The quantitative estimate of drug-likeness (QED) is 0.654. The molecule has 5 nitrogen and oxygen atoms in total. The van der Waals surface area contributed by atoms with Crippen LogP contribution in [-0.2, 0) is 14.5 Å². The van der Waals surface area contributed by atoms with Crippen molar-refractivity contribution in [2.45, 2.75) is 37.6 Å². The zero-order chi connectivity index (χ0) is 14.0. The third-order valence-electron chi connectivity index (χ3n) is 3.11. The van der Waals surface area contributed by atoms with E-state index in [9.17, 15) is 17.8 Å². The maximum Gasteiger partial charge on any atom is 0.320 e. The number of hydrogen-bond acceptors (Lipinski definition) is 4. The summed E-state index contributed by atoms with van der Waals surface area (Å²) in [5.74, 6) is -4.01. The summed E-state index contributed by atoms with van der Waals surface area (Å²) in [7, 11) is -2.91. The SMILES string of the molecule is N=S(=O)(CCC1CC(F)(F)C1)CC[C@H](N)C(=O)O. The Morgan fingerprint density at radius 3 is 2.50 bits per heavy atom. The monoisotopic (exact) mass is 284 g/mol. The van der Waals surface area contributed by atoms with E-state index >= 15 is 0 Å². The number of hydrogen-bond donors (Lipinski definition) is 3. The van der Waals surface area contributed by atoms with Crippen LogP contribution in [0.3, 0.4) is 0 Å². The molecular formula is C10H18F2N2O3S. The molecule has 0 saturated heterocycles. The number of halogens is 2. The van der Waals surface area contributed by atoms with E-state index in [1.807, 2.05) is 0 Å². The first kappa shape index (κ1) is 15.3. The Morgan fingerprint density at radius 2 is 2.06 bits per heavy atom. The fourth-order valence-electron chi connectivity index (χ4n) is 1.89. The molecule has 18 heavy (non-hydrogen) atoms. The van der Waals surface area contributed by atoms with Crippen molar-refractivity contribution in [3.8, 4) is 0 Å². The summed E-state index contributed by atoms with van der Waals surface area (Å²) >= 11 is 0. The molecule has 0 aromatic heterocycles. The first-order valence-corrected chi connectivity index (χ1v) is 7.61. The average Bonchev–Trinajstić information content (AvgIpc) is 2.20. The molecule has 8 heteroatoms. The molecule has 4 N–H and O–H groups in total. The Morgan fingerprint density at radius 1 is 1.50 bits per heavy atom. The van der Waals surface area contributed by atoms with Gasteiger partial charge in [-0.3, -0.25) is 9.57 Å². The van der Waals surface area contributed by atoms with Crippen LogP contribution in [0.4, 0.5) is 8.78 Å². The van der Waals surface area contributed by atoms with Gasteiger partial charge in [0.25, 0.3) is 0 Å². The van der Waals surface area contributed by atoms with Crippen molar-refractivity contribution in [3.05, 3.63) is 0 Å². The topological polar surface area (TPSA) is 104 Å². The maximum absolute atomic E-state index is 12.6. The number of aliphatic carboxylic acids is 1. The number of carboxylic acids is 1. The van der Waals surface area contributed by atoms with Gasteiger partial charge in [-0.1, -0.05) is 0 Å². The van der Waals surface area contributed by atoms with Crippen molar-refractivity contribution in [1.82, 2.24) is 0 Å². The lowest BCUT2D eigenvalue weighted by atomic mass is 9.80. The standard InChI is InChI=1S/C10H18F2N2O3S/c11-10(12)5-7(6-10)1-3-18(14,17)4-2-8(13)9(15)16/h7-8,14H,1-6,13H2,(H,15,16)/t8-,18?/m0/s1. The van der Waals surface area contributed by atoms with Crippen molar-refractivity contribution in [2.24, 2.45) is 11.7 Å². The molecule has 1 saturated carbocycles. The van der Waals surface area contributed by atoms with Gasteiger partial charge in [0.1, 0.15) is 6.04 Å². The lowest BCUT2D eigenvalue weighted by Gasteiger charge is -2.35. The van der Waals surface area contributed by atoms with Crippen LogP contribution in [0.1, 0.15) is 25.7 Å². The summed E-state index contributed by atoms with van der Waals surface area (Å²) in [6, 6.07) is -1.12. The third-order valence-corrected chi connectivity index (χ3v) is 4.90. The van der Waals surface area contributed by atoms with Gasteiger partial charge in [0.05, 0.1) is 0 Å². The van der Waals surface area contributed by atoms with Gasteiger partial charge in [0.15, 0.2) is 0 Å². The van der Waals surface area contributed by atoms with E-state index < -0.39 is 27.7 Å². The molecule has 2 atom stereocenters. The Labute approximate surface area is 105 Å². The van der Waals surface area contributed by atoms with Crippen molar-refractivity contribution in [2.75, 3.05) is 11.5 Å². The molecular weight excluding hydrogens is 266 g/mol. The summed E-state index contributed by atoms with van der Waals surface area (Å²) in [4.78, 5) is 10.4. The highest BCUT2D eigenvalue weighted by atomic mass is 32.2. The molecule has 0 amide bonds. The van der Waals surface area contributed by atoms with E-state index in [-0.39, 0.29) is 36.7 Å². The molecule has 1 rings (SSSR count). The molecule has 0 bridgehead atoms. The molecule has 0 aliphatic heterocycles. The number of carbonyl (C=O) groups is 1. The zero-order valence-corrected chi connectivity index (χ0v) is 10.7. The highest BCUT2D eigenvalue weighted by Gasteiger charge is 2.44. The molecule has 1 aliphatic rings. The van der Waals surface area contributed by atoms with Gasteiger partial charge in [0.2, 0.25) is 5.92 Å². The minimum Gasteiger partial charge on any atom is -0.480 e. The number of nitrogens with one attached hydrogen (secondary N) is 1. The maximum atomic E-state index is 12.6. The number of rotatable bonds is 7. The van der Waals surface area contributed by atoms with E-state index in [1.165, 1.54) is 0 Å². The fraction of sp³-hybridized carbons (Fsp3) is 0.900. The largest absolute Gasteiger partial charge is 0.480 e. The van der Waals surface area contributed by atoms with Gasteiger partial charge in [-0.2, -0.15) is 0 Å². The lowest BCUT2D eigenvalue weighted by Crippen LogP contribution is -2.36. The molecule has 1 aliphatic carbocycles. The van der Waals surface area contributed by atoms with Gasteiger partial charge in [-0.05, 0) is 18.8 Å². The van der Waals surface area contributed by atoms with Crippen LogP contribution in [0.15, 0.2) is 0 Å². The molecule has 106 valence electrons. The van der Waals surface area contributed by atoms with E-state index in [2.05, 4.69) is 0 Å². The lowest BCUT2D eigenvalue weighted by molar-refractivity contribution is -0.138. The number of carboxylic acid groups (broad SMARTS) is 1. The molecule has 1 fully saturated rings. The van der Waals surface area contributed by atoms with Crippen LogP contribution in [0.5, 0.6) is 0 Å². The summed E-state index contributed by atoms with van der Waals surface area (Å²) in [6.07, 6.45) is -0.0902. The minimum atomic E-state index is -2.91. The second-order valence-corrected chi connectivity index (χ2v) is 7.31. The minimum absolute atomic E-state index is 0.0293. The highest BCUT2D eigenvalue weighted by molar-refractivity contribution is 7.92. The summed E-state index contributed by atoms with van der Waals surface area (Å²) < 4.78 is 44.4. The van der Waals surface area contributed by atoms with Gasteiger partial charge < -0.3 is 10.8 Å². The smallest absolute Gasteiger partial charge is 0.320 e. The van der Waals surface area contributed by atoms with Crippen LogP contribution in [-0.4, -0.2) is 38.8 Å². The fourth-order valence-corrected chi connectivity index (χ4v) is 3.44. The normalized spacial score (nSPS) is 23.9. The Hall–Kier alpha value is -0.760. The van der Waals surface area contributed by atoms with E-state index in [1.54, 1.807) is 0 Å². The van der Waals surface area contributed by atoms with Crippen LogP contribution in [0, 0.1) is 10.7 Å². The first-order valence-electron chi connectivity index (χ1n) is 5.72. The Bertz CT molecular complexity index is 403. The molecule has 0 spiro atoms. The predicted molar refractivity (Wildman–Crippen MR) is 63.1 cm³/mol. The highest BCUT2D eigenvalue weighted by Crippen LogP contribution is 2.44. The molecule has 0 aromatic carbocycles. The number of nitrogens with two attached hydrogens (primary N) is 1. The van der Waals surface area contributed by atoms with Gasteiger partial charge >= 0.3 is 5.97 Å². The molecule has 0 radical (unpaired) electrons. The molecule has 1 unspecified atom stereocenters. The van der Waals surface area contributed by atoms with Gasteiger partial charge in [-0.15, -0.1) is 0 Å². The van der Waals surface area contributed by atoms with Crippen molar-refractivity contribution in [3.63, 3.8) is 0 Å².